The molecule has 2 rings (SSSR count). The number of nitrogens with zero attached hydrogens (tertiary/aromatic N) is 2. The predicted octanol–water partition coefficient (Wildman–Crippen LogP) is 1.96. The van der Waals surface area contributed by atoms with Crippen LogP contribution < -0.4 is 5.73 Å². The van der Waals surface area contributed by atoms with Crippen molar-refractivity contribution >= 4 is 21.6 Å². The average Bonchev–Trinajstić information content (AvgIpc) is 2.94. The van der Waals surface area contributed by atoms with Crippen molar-refractivity contribution in [3.63, 3.8) is 0 Å². The maximum absolute atomic E-state index is 12.7. The standard InChI is InChI=1S/C14H18ClN3O2S/c1-18(13-4-2-3-11(13)9-17)21(19,20)14-6-5-10(8-16)7-12(14)15/h5-7,11,13H,2-4,9,17H2,1H3. The van der Waals surface area contributed by atoms with Crippen molar-refractivity contribution < 1.29 is 8.42 Å². The van der Waals surface area contributed by atoms with Crippen LogP contribution >= 0.6 is 11.6 Å². The fraction of sp³-hybridized carbons (Fsp3) is 0.500. The lowest BCUT2D eigenvalue weighted by atomic mass is 10.0. The lowest BCUT2D eigenvalue weighted by molar-refractivity contribution is 0.304. The van der Waals surface area contributed by atoms with Crippen LogP contribution in [0.1, 0.15) is 24.8 Å². The highest BCUT2D eigenvalue weighted by molar-refractivity contribution is 7.89. The normalized spacial score (nSPS) is 22.4. The third-order valence-corrected chi connectivity index (χ3v) is 6.47. The van der Waals surface area contributed by atoms with Crippen LogP contribution in [-0.2, 0) is 10.0 Å². The average molecular weight is 328 g/mol. The molecule has 0 bridgehead atoms. The van der Waals surface area contributed by atoms with Crippen LogP contribution in [-0.4, -0.2) is 32.4 Å². The van der Waals surface area contributed by atoms with Crippen molar-refractivity contribution in [2.75, 3.05) is 13.6 Å². The first-order valence-electron chi connectivity index (χ1n) is 6.79. The van der Waals surface area contributed by atoms with Crippen LogP contribution in [0.25, 0.3) is 0 Å². The molecule has 0 aromatic heterocycles. The maximum Gasteiger partial charge on any atom is 0.244 e. The smallest absolute Gasteiger partial charge is 0.244 e. The molecule has 1 saturated carbocycles. The summed E-state index contributed by atoms with van der Waals surface area (Å²) in [5.74, 6) is 0.182. The van der Waals surface area contributed by atoms with E-state index in [1.54, 1.807) is 7.05 Å². The molecular weight excluding hydrogens is 310 g/mol. The van der Waals surface area contributed by atoms with Gasteiger partial charge in [0.2, 0.25) is 10.0 Å². The zero-order valence-electron chi connectivity index (χ0n) is 11.8. The van der Waals surface area contributed by atoms with Crippen LogP contribution in [0.4, 0.5) is 0 Å². The van der Waals surface area contributed by atoms with E-state index in [0.717, 1.165) is 19.3 Å². The highest BCUT2D eigenvalue weighted by atomic mass is 35.5. The van der Waals surface area contributed by atoms with Gasteiger partial charge in [0, 0.05) is 13.1 Å². The summed E-state index contributed by atoms with van der Waals surface area (Å²) in [7, 11) is -2.11. The molecule has 1 fully saturated rings. The number of hydrogen-bond donors (Lipinski definition) is 1. The highest BCUT2D eigenvalue weighted by Crippen LogP contribution is 2.33. The molecule has 0 amide bonds. The van der Waals surface area contributed by atoms with Gasteiger partial charge in [0.05, 0.1) is 16.7 Å². The quantitative estimate of drug-likeness (QED) is 0.915. The SMILES string of the molecule is CN(C1CCCC1CN)S(=O)(=O)c1ccc(C#N)cc1Cl. The molecule has 21 heavy (non-hydrogen) atoms. The van der Waals surface area contributed by atoms with Crippen molar-refractivity contribution in [2.45, 2.75) is 30.2 Å². The summed E-state index contributed by atoms with van der Waals surface area (Å²) in [4.78, 5) is 0.0355. The minimum Gasteiger partial charge on any atom is -0.330 e. The van der Waals surface area contributed by atoms with Gasteiger partial charge in [-0.2, -0.15) is 9.57 Å². The molecule has 7 heteroatoms. The Labute approximate surface area is 130 Å². The molecule has 0 saturated heterocycles. The number of halogens is 1. The summed E-state index contributed by atoms with van der Waals surface area (Å²) in [5.41, 5.74) is 6.06. The molecule has 1 aliphatic rings. The van der Waals surface area contributed by atoms with E-state index in [4.69, 9.17) is 22.6 Å². The molecular formula is C14H18ClN3O2S. The molecule has 2 N–H and O–H groups in total. The first kappa shape index (κ1) is 16.2. The minimum absolute atomic E-state index is 0.0355. The maximum atomic E-state index is 12.7. The Balaban J connectivity index is 2.36. The Morgan fingerprint density at radius 2 is 2.19 bits per heavy atom. The van der Waals surface area contributed by atoms with E-state index in [1.165, 1.54) is 22.5 Å². The zero-order valence-corrected chi connectivity index (χ0v) is 13.4. The second kappa shape index (κ2) is 6.32. The number of sulfonamides is 1. The van der Waals surface area contributed by atoms with E-state index >= 15 is 0 Å². The topological polar surface area (TPSA) is 87.2 Å². The van der Waals surface area contributed by atoms with Crippen LogP contribution in [0.2, 0.25) is 5.02 Å². The third kappa shape index (κ3) is 3.06. The largest absolute Gasteiger partial charge is 0.330 e. The molecule has 1 aromatic rings. The molecule has 0 heterocycles. The van der Waals surface area contributed by atoms with Gasteiger partial charge in [-0.1, -0.05) is 18.0 Å². The lowest BCUT2D eigenvalue weighted by Gasteiger charge is -2.28. The van der Waals surface area contributed by atoms with E-state index in [1.807, 2.05) is 6.07 Å². The number of rotatable bonds is 4. The summed E-state index contributed by atoms with van der Waals surface area (Å²) in [6.07, 6.45) is 2.74. The molecule has 2 unspecified atom stereocenters. The summed E-state index contributed by atoms with van der Waals surface area (Å²) >= 11 is 6.03. The van der Waals surface area contributed by atoms with Crippen LogP contribution in [0.3, 0.4) is 0 Å². The number of nitrogens with two attached hydrogens (primary N) is 1. The van der Waals surface area contributed by atoms with E-state index < -0.39 is 10.0 Å². The molecule has 0 radical (unpaired) electrons. The first-order chi connectivity index (χ1) is 9.91. The summed E-state index contributed by atoms with van der Waals surface area (Å²) in [6.45, 7) is 0.478. The van der Waals surface area contributed by atoms with Gasteiger partial charge in [-0.15, -0.1) is 0 Å². The Bertz CT molecular complexity index is 669. The predicted molar refractivity (Wildman–Crippen MR) is 81.3 cm³/mol. The number of benzene rings is 1. The van der Waals surface area contributed by atoms with Crippen molar-refractivity contribution in [2.24, 2.45) is 11.7 Å². The molecule has 5 nitrogen and oxygen atoms in total. The number of nitriles is 1. The van der Waals surface area contributed by atoms with Gasteiger partial charge >= 0.3 is 0 Å². The highest BCUT2D eigenvalue weighted by Gasteiger charge is 2.36. The van der Waals surface area contributed by atoms with Gasteiger partial charge in [0.1, 0.15) is 4.90 Å². The van der Waals surface area contributed by atoms with Crippen molar-refractivity contribution in [3.8, 4) is 6.07 Å². The first-order valence-corrected chi connectivity index (χ1v) is 8.61. The Morgan fingerprint density at radius 3 is 2.76 bits per heavy atom. The number of hydrogen-bond acceptors (Lipinski definition) is 4. The molecule has 2 atom stereocenters. The second-order valence-electron chi connectivity index (χ2n) is 5.27. The van der Waals surface area contributed by atoms with E-state index in [2.05, 4.69) is 0 Å². The van der Waals surface area contributed by atoms with Gasteiger partial charge in [-0.05, 0) is 43.5 Å². The van der Waals surface area contributed by atoms with Crippen molar-refractivity contribution in [3.05, 3.63) is 28.8 Å². The van der Waals surface area contributed by atoms with E-state index in [-0.39, 0.29) is 21.9 Å². The van der Waals surface area contributed by atoms with Gasteiger partial charge in [-0.25, -0.2) is 8.42 Å². The van der Waals surface area contributed by atoms with Gasteiger partial charge < -0.3 is 5.73 Å². The molecule has 114 valence electrons. The summed E-state index contributed by atoms with van der Waals surface area (Å²) in [6, 6.07) is 6.07. The Morgan fingerprint density at radius 1 is 1.48 bits per heavy atom. The molecule has 1 aromatic carbocycles. The minimum atomic E-state index is -3.68. The van der Waals surface area contributed by atoms with Crippen molar-refractivity contribution in [1.82, 2.24) is 4.31 Å². The zero-order chi connectivity index (χ0) is 15.6. The van der Waals surface area contributed by atoms with Gasteiger partial charge in [0.15, 0.2) is 0 Å². The van der Waals surface area contributed by atoms with E-state index in [0.29, 0.717) is 12.1 Å². The fourth-order valence-electron chi connectivity index (χ4n) is 2.88. The third-order valence-electron chi connectivity index (χ3n) is 4.11. The van der Waals surface area contributed by atoms with Gasteiger partial charge in [-0.3, -0.25) is 0 Å². The Hall–Kier alpha value is -1.13. The molecule has 1 aliphatic carbocycles. The molecule has 0 spiro atoms. The van der Waals surface area contributed by atoms with E-state index in [9.17, 15) is 8.42 Å². The second-order valence-corrected chi connectivity index (χ2v) is 7.65. The molecule has 0 aliphatic heterocycles. The Kier molecular flexibility index (Phi) is 4.89. The van der Waals surface area contributed by atoms with Crippen LogP contribution in [0.15, 0.2) is 23.1 Å². The summed E-state index contributed by atoms with van der Waals surface area (Å²) < 4.78 is 26.8. The monoisotopic (exact) mass is 327 g/mol. The lowest BCUT2D eigenvalue weighted by Crippen LogP contribution is -2.41. The van der Waals surface area contributed by atoms with Crippen LogP contribution in [0.5, 0.6) is 0 Å². The van der Waals surface area contributed by atoms with Crippen LogP contribution in [0, 0.1) is 17.2 Å². The summed E-state index contributed by atoms with van der Waals surface area (Å²) in [5, 5.41) is 8.89. The van der Waals surface area contributed by atoms with Crippen molar-refractivity contribution in [1.29, 1.82) is 5.26 Å². The van der Waals surface area contributed by atoms with Gasteiger partial charge in [0.25, 0.3) is 0 Å². The fourth-order valence-corrected chi connectivity index (χ4v) is 4.85.